The molecule has 0 bridgehead atoms. The van der Waals surface area contributed by atoms with Crippen LogP contribution in [0.4, 0.5) is 5.69 Å². The molecule has 6 heteroatoms. The average Bonchev–Trinajstić information content (AvgIpc) is 3.06. The summed E-state index contributed by atoms with van der Waals surface area (Å²) in [6, 6.07) is 17.4. The van der Waals surface area contributed by atoms with Crippen molar-refractivity contribution < 1.29 is 4.21 Å². The van der Waals surface area contributed by atoms with Gasteiger partial charge in [-0.3, -0.25) is 0 Å². The van der Waals surface area contributed by atoms with E-state index in [9.17, 15) is 4.21 Å². The molecule has 1 N–H and O–H groups in total. The number of aromatic amines is 1. The molecule has 5 nitrogen and oxygen atoms in total. The fourth-order valence-corrected chi connectivity index (χ4v) is 4.97. The highest BCUT2D eigenvalue weighted by molar-refractivity contribution is 7.81. The number of fused-ring (bicyclic) bond motifs is 1. The van der Waals surface area contributed by atoms with E-state index in [0.717, 1.165) is 37.3 Å². The lowest BCUT2D eigenvalue weighted by atomic mass is 10.0. The van der Waals surface area contributed by atoms with E-state index in [1.807, 2.05) is 0 Å². The van der Waals surface area contributed by atoms with Gasteiger partial charge in [0, 0.05) is 36.8 Å². The van der Waals surface area contributed by atoms with Crippen LogP contribution in [0, 0.1) is 13.8 Å². The molecule has 4 rings (SSSR count). The van der Waals surface area contributed by atoms with Gasteiger partial charge in [-0.05, 0) is 49.4 Å². The molecule has 3 aromatic rings. The van der Waals surface area contributed by atoms with E-state index in [1.165, 1.54) is 22.4 Å². The van der Waals surface area contributed by atoms with Crippen molar-refractivity contribution >= 4 is 16.7 Å². The van der Waals surface area contributed by atoms with E-state index >= 15 is 0 Å². The quantitative estimate of drug-likeness (QED) is 0.649. The summed E-state index contributed by atoms with van der Waals surface area (Å²) < 4.78 is 14.7. The van der Waals surface area contributed by atoms with Crippen LogP contribution >= 0.6 is 0 Å². The zero-order chi connectivity index (χ0) is 21.1. The minimum absolute atomic E-state index is 0.244. The molecular weight excluding hydrogens is 392 g/mol. The van der Waals surface area contributed by atoms with E-state index in [1.54, 1.807) is 12.6 Å². The summed E-state index contributed by atoms with van der Waals surface area (Å²) in [7, 11) is -1.02. The minimum atomic E-state index is -1.02. The number of aromatic nitrogens is 2. The second-order valence-electron chi connectivity index (χ2n) is 8.10. The summed E-state index contributed by atoms with van der Waals surface area (Å²) in [6.07, 6.45) is 5.55. The molecule has 1 aliphatic rings. The van der Waals surface area contributed by atoms with Gasteiger partial charge < -0.3 is 9.88 Å². The normalized spacial score (nSPS) is 18.1. The van der Waals surface area contributed by atoms with Gasteiger partial charge in [0.1, 0.15) is 0 Å². The summed E-state index contributed by atoms with van der Waals surface area (Å²) in [5, 5.41) is 0. The van der Waals surface area contributed by atoms with Crippen LogP contribution in [0.5, 0.6) is 0 Å². The van der Waals surface area contributed by atoms with Crippen molar-refractivity contribution in [2.75, 3.05) is 17.7 Å². The molecule has 30 heavy (non-hydrogen) atoms. The average molecular weight is 423 g/mol. The molecule has 2 heterocycles. The number of aryl methyl sites for hydroxylation is 3. The van der Waals surface area contributed by atoms with Crippen LogP contribution in [-0.2, 0) is 30.5 Å². The maximum Gasteiger partial charge on any atom is 0.0925 e. The van der Waals surface area contributed by atoms with Gasteiger partial charge in [0.15, 0.2) is 0 Å². The SMILES string of the molecule is Cc1cccc2c1CN(S(C)=O)CC(CCc1ccccc1)N2Cc1nc[nH]c1C. The highest BCUT2D eigenvalue weighted by Crippen LogP contribution is 2.33. The van der Waals surface area contributed by atoms with Gasteiger partial charge in [-0.1, -0.05) is 42.5 Å². The van der Waals surface area contributed by atoms with E-state index in [2.05, 4.69) is 81.6 Å². The number of benzene rings is 2. The molecular formula is C24H30N4OS. The van der Waals surface area contributed by atoms with Crippen LogP contribution in [-0.4, -0.2) is 37.3 Å². The monoisotopic (exact) mass is 422 g/mol. The van der Waals surface area contributed by atoms with Crippen molar-refractivity contribution in [2.24, 2.45) is 0 Å². The Labute approximate surface area is 181 Å². The number of H-pyrrole nitrogens is 1. The first kappa shape index (κ1) is 20.8. The molecule has 2 atom stereocenters. The lowest BCUT2D eigenvalue weighted by molar-refractivity contribution is 0.392. The third kappa shape index (κ3) is 4.50. The lowest BCUT2D eigenvalue weighted by Gasteiger charge is -2.34. The van der Waals surface area contributed by atoms with Gasteiger partial charge in [0.2, 0.25) is 0 Å². The maximum atomic E-state index is 12.6. The fraction of sp³-hybridized carbons (Fsp3) is 0.375. The highest BCUT2D eigenvalue weighted by atomic mass is 32.2. The van der Waals surface area contributed by atoms with E-state index in [-0.39, 0.29) is 6.04 Å². The lowest BCUT2D eigenvalue weighted by Crippen LogP contribution is -2.42. The van der Waals surface area contributed by atoms with Gasteiger partial charge in [-0.25, -0.2) is 13.5 Å². The molecule has 0 saturated heterocycles. The number of imidazole rings is 1. The predicted molar refractivity (Wildman–Crippen MR) is 124 cm³/mol. The van der Waals surface area contributed by atoms with Gasteiger partial charge in [-0.2, -0.15) is 0 Å². The Morgan fingerprint density at radius 2 is 1.93 bits per heavy atom. The van der Waals surface area contributed by atoms with E-state index < -0.39 is 11.0 Å². The van der Waals surface area contributed by atoms with Crippen LogP contribution < -0.4 is 4.90 Å². The zero-order valence-corrected chi connectivity index (χ0v) is 18.8. The number of hydrogen-bond donors (Lipinski definition) is 1. The van der Waals surface area contributed by atoms with Gasteiger partial charge in [0.25, 0.3) is 0 Å². The topological polar surface area (TPSA) is 52.2 Å². The van der Waals surface area contributed by atoms with Crippen LogP contribution in [0.2, 0.25) is 0 Å². The number of hydrogen-bond acceptors (Lipinski definition) is 3. The number of rotatable bonds is 6. The largest absolute Gasteiger partial charge is 0.361 e. The molecule has 0 aliphatic carbocycles. The molecule has 0 spiro atoms. The van der Waals surface area contributed by atoms with Crippen LogP contribution in [0.25, 0.3) is 0 Å². The van der Waals surface area contributed by atoms with Gasteiger partial charge in [-0.15, -0.1) is 0 Å². The Morgan fingerprint density at radius 3 is 2.63 bits per heavy atom. The number of nitrogens with one attached hydrogen (secondary N) is 1. The van der Waals surface area contributed by atoms with Gasteiger partial charge in [0.05, 0.1) is 29.6 Å². The van der Waals surface area contributed by atoms with Crippen LogP contribution in [0.15, 0.2) is 54.9 Å². The first-order valence-electron chi connectivity index (χ1n) is 10.5. The standard InChI is InChI=1S/C24H30N4OS/c1-18-8-7-11-24-22(18)15-27(30(3)29)14-21(13-12-20-9-5-4-6-10-20)28(24)16-23-19(2)25-17-26-23/h4-11,17,21H,12-16H2,1-3H3,(H,25,26). The van der Waals surface area contributed by atoms with Crippen LogP contribution in [0.3, 0.4) is 0 Å². The van der Waals surface area contributed by atoms with Crippen molar-refractivity contribution in [2.45, 2.75) is 45.8 Å². The number of anilines is 1. The second-order valence-corrected chi connectivity index (χ2v) is 9.46. The van der Waals surface area contributed by atoms with Crippen molar-refractivity contribution in [1.29, 1.82) is 0 Å². The van der Waals surface area contributed by atoms with Crippen molar-refractivity contribution in [1.82, 2.24) is 14.3 Å². The smallest absolute Gasteiger partial charge is 0.0925 e. The Morgan fingerprint density at radius 1 is 1.13 bits per heavy atom. The molecule has 158 valence electrons. The minimum Gasteiger partial charge on any atom is -0.361 e. The third-order valence-corrected chi connectivity index (χ3v) is 7.12. The first-order chi connectivity index (χ1) is 14.5. The van der Waals surface area contributed by atoms with Crippen molar-refractivity contribution in [3.05, 3.63) is 82.9 Å². The first-order valence-corrected chi connectivity index (χ1v) is 12.0. The molecule has 0 fully saturated rings. The summed E-state index contributed by atoms with van der Waals surface area (Å²) in [4.78, 5) is 10.3. The Kier molecular flexibility index (Phi) is 6.35. The molecule has 1 aliphatic heterocycles. The maximum absolute atomic E-state index is 12.6. The Hall–Kier alpha value is -2.44. The van der Waals surface area contributed by atoms with Crippen molar-refractivity contribution in [3.63, 3.8) is 0 Å². The summed E-state index contributed by atoms with van der Waals surface area (Å²) in [5.74, 6) is 0. The third-order valence-electron chi connectivity index (χ3n) is 6.11. The molecule has 0 saturated carbocycles. The van der Waals surface area contributed by atoms with E-state index in [0.29, 0.717) is 6.54 Å². The molecule has 0 radical (unpaired) electrons. The summed E-state index contributed by atoms with van der Waals surface area (Å²) >= 11 is 0. The number of nitrogens with zero attached hydrogens (tertiary/aromatic N) is 3. The molecule has 2 unspecified atom stereocenters. The Bertz CT molecular complexity index is 1020. The summed E-state index contributed by atoms with van der Waals surface area (Å²) in [5.41, 5.74) is 7.26. The second kappa shape index (κ2) is 9.14. The van der Waals surface area contributed by atoms with Gasteiger partial charge >= 0.3 is 0 Å². The highest BCUT2D eigenvalue weighted by Gasteiger charge is 2.30. The van der Waals surface area contributed by atoms with Crippen LogP contribution in [0.1, 0.15) is 34.5 Å². The predicted octanol–water partition coefficient (Wildman–Crippen LogP) is 4.14. The Balaban J connectivity index is 1.72. The molecule has 2 aromatic carbocycles. The van der Waals surface area contributed by atoms with Crippen molar-refractivity contribution in [3.8, 4) is 0 Å². The van der Waals surface area contributed by atoms with E-state index in [4.69, 9.17) is 0 Å². The summed E-state index contributed by atoms with van der Waals surface area (Å²) in [6.45, 7) is 6.45. The molecule has 1 aromatic heterocycles. The molecule has 0 amide bonds. The zero-order valence-electron chi connectivity index (χ0n) is 18.0. The fourth-order valence-electron chi connectivity index (χ4n) is 4.28.